The monoisotopic (exact) mass is 290 g/mol. The summed E-state index contributed by atoms with van der Waals surface area (Å²) < 4.78 is 0. The van der Waals surface area contributed by atoms with E-state index >= 15 is 0 Å². The highest BCUT2D eigenvalue weighted by Crippen LogP contribution is 2.16. The first kappa shape index (κ1) is 15.2. The van der Waals surface area contributed by atoms with Gasteiger partial charge in [0, 0.05) is 18.7 Å². The summed E-state index contributed by atoms with van der Waals surface area (Å²) in [5.41, 5.74) is 0.393. The lowest BCUT2D eigenvalue weighted by molar-refractivity contribution is 0.0719. The van der Waals surface area contributed by atoms with Gasteiger partial charge in [0.15, 0.2) is 0 Å². The van der Waals surface area contributed by atoms with Gasteiger partial charge in [-0.15, -0.1) is 0 Å². The molecule has 0 atom stereocenters. The van der Waals surface area contributed by atoms with Crippen molar-refractivity contribution >= 4 is 29.1 Å². The van der Waals surface area contributed by atoms with E-state index in [9.17, 15) is 4.79 Å². The van der Waals surface area contributed by atoms with Gasteiger partial charge in [-0.25, -0.2) is 4.98 Å². The smallest absolute Gasteiger partial charge is 0.254 e. The molecule has 1 N–H and O–H groups in total. The molecule has 1 aromatic rings. The van der Waals surface area contributed by atoms with E-state index in [4.69, 9.17) is 28.3 Å². The molecule has 6 heteroatoms. The van der Waals surface area contributed by atoms with Crippen LogP contribution in [0, 0.1) is 0 Å². The van der Waals surface area contributed by atoms with Crippen LogP contribution >= 0.6 is 23.2 Å². The Morgan fingerprint density at radius 1 is 1.33 bits per heavy atom. The summed E-state index contributed by atoms with van der Waals surface area (Å²) in [5.74, 6) is -0.191. The molecule has 0 saturated heterocycles. The number of halogens is 2. The van der Waals surface area contributed by atoms with E-state index in [1.165, 1.54) is 12.1 Å². The molecule has 100 valence electrons. The second-order valence-corrected chi connectivity index (χ2v) is 4.65. The molecule has 0 fully saturated rings. The van der Waals surface area contributed by atoms with Crippen molar-refractivity contribution in [3.05, 3.63) is 28.0 Å². The first-order chi connectivity index (χ1) is 8.58. The van der Waals surface area contributed by atoms with Crippen LogP contribution in [-0.4, -0.2) is 40.6 Å². The molecule has 0 aromatic carbocycles. The zero-order chi connectivity index (χ0) is 13.5. The molecule has 0 aliphatic carbocycles. The number of carbonyl (C=O) groups is 1. The molecule has 18 heavy (non-hydrogen) atoms. The minimum Gasteiger partial charge on any atom is -0.395 e. The molecule has 0 radical (unpaired) electrons. The molecule has 0 aliphatic rings. The fourth-order valence-electron chi connectivity index (χ4n) is 1.56. The van der Waals surface area contributed by atoms with E-state index in [1.54, 1.807) is 4.90 Å². The predicted molar refractivity (Wildman–Crippen MR) is 72.2 cm³/mol. The van der Waals surface area contributed by atoms with Gasteiger partial charge in [0.2, 0.25) is 0 Å². The number of rotatable bonds is 6. The standard InChI is InChI=1S/C12H16Cl2N2O2/c1-2-3-4-16(5-6-17)12(18)9-7-10(13)15-11(14)8-9/h7-8,17H,2-6H2,1H3. The van der Waals surface area contributed by atoms with Crippen LogP contribution in [0.15, 0.2) is 12.1 Å². The first-order valence-corrected chi connectivity index (χ1v) is 6.57. The third-order valence-electron chi connectivity index (χ3n) is 2.45. The molecule has 0 saturated carbocycles. The largest absolute Gasteiger partial charge is 0.395 e. The Hall–Kier alpha value is -0.840. The van der Waals surface area contributed by atoms with Gasteiger partial charge in [-0.1, -0.05) is 36.5 Å². The minimum absolute atomic E-state index is 0.0675. The molecule has 1 amide bonds. The van der Waals surface area contributed by atoms with Crippen LogP contribution in [0.3, 0.4) is 0 Å². The Bertz CT molecular complexity index is 393. The van der Waals surface area contributed by atoms with Crippen LogP contribution in [0.25, 0.3) is 0 Å². The highest BCUT2D eigenvalue weighted by Gasteiger charge is 2.16. The van der Waals surface area contributed by atoms with Crippen molar-refractivity contribution in [2.45, 2.75) is 19.8 Å². The van der Waals surface area contributed by atoms with Gasteiger partial charge in [0.05, 0.1) is 6.61 Å². The van der Waals surface area contributed by atoms with Gasteiger partial charge in [-0.2, -0.15) is 0 Å². The minimum atomic E-state index is -0.191. The summed E-state index contributed by atoms with van der Waals surface area (Å²) >= 11 is 11.5. The number of aromatic nitrogens is 1. The average Bonchev–Trinajstić information content (AvgIpc) is 2.32. The molecule has 0 spiro atoms. The van der Waals surface area contributed by atoms with Gasteiger partial charge in [-0.3, -0.25) is 4.79 Å². The van der Waals surface area contributed by atoms with Crippen molar-refractivity contribution < 1.29 is 9.90 Å². The van der Waals surface area contributed by atoms with Crippen molar-refractivity contribution in [1.82, 2.24) is 9.88 Å². The lowest BCUT2D eigenvalue weighted by atomic mass is 10.2. The molecule has 4 nitrogen and oxygen atoms in total. The highest BCUT2D eigenvalue weighted by molar-refractivity contribution is 6.33. The topological polar surface area (TPSA) is 53.4 Å². The Kier molecular flexibility index (Phi) is 6.39. The number of amides is 1. The van der Waals surface area contributed by atoms with E-state index in [0.29, 0.717) is 18.7 Å². The summed E-state index contributed by atoms with van der Waals surface area (Å²) in [6.07, 6.45) is 1.87. The average molecular weight is 291 g/mol. The van der Waals surface area contributed by atoms with E-state index in [2.05, 4.69) is 4.98 Å². The van der Waals surface area contributed by atoms with Crippen molar-refractivity contribution in [3.63, 3.8) is 0 Å². The molecule has 1 aromatic heterocycles. The van der Waals surface area contributed by atoms with Crippen LogP contribution < -0.4 is 0 Å². The Morgan fingerprint density at radius 3 is 2.44 bits per heavy atom. The van der Waals surface area contributed by atoms with Crippen LogP contribution in [0.4, 0.5) is 0 Å². The summed E-state index contributed by atoms with van der Waals surface area (Å²) in [7, 11) is 0. The normalized spacial score (nSPS) is 10.4. The van der Waals surface area contributed by atoms with E-state index in [1.807, 2.05) is 6.92 Å². The number of aliphatic hydroxyl groups excluding tert-OH is 1. The van der Waals surface area contributed by atoms with Gasteiger partial charge in [0.1, 0.15) is 10.3 Å². The third-order valence-corrected chi connectivity index (χ3v) is 2.84. The molecular weight excluding hydrogens is 275 g/mol. The summed E-state index contributed by atoms with van der Waals surface area (Å²) in [6.45, 7) is 2.88. The number of unbranched alkanes of at least 4 members (excludes halogenated alkanes) is 1. The molecular formula is C12H16Cl2N2O2. The van der Waals surface area contributed by atoms with Crippen molar-refractivity contribution in [2.75, 3.05) is 19.7 Å². The van der Waals surface area contributed by atoms with Crippen molar-refractivity contribution in [3.8, 4) is 0 Å². The Morgan fingerprint density at radius 2 is 1.94 bits per heavy atom. The maximum atomic E-state index is 12.2. The fourth-order valence-corrected chi connectivity index (χ4v) is 2.02. The van der Waals surface area contributed by atoms with Crippen LogP contribution in [-0.2, 0) is 0 Å². The molecule has 0 bridgehead atoms. The third kappa shape index (κ3) is 4.44. The second kappa shape index (κ2) is 7.56. The number of carbonyl (C=O) groups excluding carboxylic acids is 1. The van der Waals surface area contributed by atoms with Crippen molar-refractivity contribution in [1.29, 1.82) is 0 Å². The van der Waals surface area contributed by atoms with Gasteiger partial charge < -0.3 is 10.0 Å². The lowest BCUT2D eigenvalue weighted by Crippen LogP contribution is -2.34. The fraction of sp³-hybridized carbons (Fsp3) is 0.500. The van der Waals surface area contributed by atoms with E-state index in [-0.39, 0.29) is 22.8 Å². The summed E-state index contributed by atoms with van der Waals surface area (Å²) in [6, 6.07) is 2.96. The Labute approximate surface area is 117 Å². The molecule has 1 rings (SSSR count). The number of aliphatic hydroxyl groups is 1. The first-order valence-electron chi connectivity index (χ1n) is 5.81. The maximum Gasteiger partial charge on any atom is 0.254 e. The highest BCUT2D eigenvalue weighted by atomic mass is 35.5. The number of hydrogen-bond acceptors (Lipinski definition) is 3. The zero-order valence-electron chi connectivity index (χ0n) is 10.2. The van der Waals surface area contributed by atoms with Crippen LogP contribution in [0.1, 0.15) is 30.1 Å². The summed E-state index contributed by atoms with van der Waals surface area (Å²) in [5, 5.41) is 9.35. The quantitative estimate of drug-likeness (QED) is 0.820. The molecule has 0 unspecified atom stereocenters. The summed E-state index contributed by atoms with van der Waals surface area (Å²) in [4.78, 5) is 17.6. The number of pyridine rings is 1. The molecule has 0 aliphatic heterocycles. The molecule has 1 heterocycles. The van der Waals surface area contributed by atoms with Gasteiger partial charge >= 0.3 is 0 Å². The van der Waals surface area contributed by atoms with Gasteiger partial charge in [-0.05, 0) is 18.6 Å². The van der Waals surface area contributed by atoms with E-state index in [0.717, 1.165) is 12.8 Å². The predicted octanol–water partition coefficient (Wildman–Crippen LogP) is 2.62. The number of nitrogens with zero attached hydrogens (tertiary/aromatic N) is 2. The van der Waals surface area contributed by atoms with E-state index < -0.39 is 0 Å². The van der Waals surface area contributed by atoms with Crippen LogP contribution in [0.5, 0.6) is 0 Å². The second-order valence-electron chi connectivity index (χ2n) is 3.87. The number of hydrogen-bond donors (Lipinski definition) is 1. The Balaban J connectivity index is 2.86. The van der Waals surface area contributed by atoms with Gasteiger partial charge in [0.25, 0.3) is 5.91 Å². The maximum absolute atomic E-state index is 12.2. The van der Waals surface area contributed by atoms with Crippen LogP contribution in [0.2, 0.25) is 10.3 Å². The van der Waals surface area contributed by atoms with Crippen molar-refractivity contribution in [2.24, 2.45) is 0 Å². The lowest BCUT2D eigenvalue weighted by Gasteiger charge is -2.21. The zero-order valence-corrected chi connectivity index (χ0v) is 11.7. The SMILES string of the molecule is CCCCN(CCO)C(=O)c1cc(Cl)nc(Cl)c1.